The minimum absolute atomic E-state index is 0.125. The lowest BCUT2D eigenvalue weighted by Crippen LogP contribution is -2.29. The molecule has 0 atom stereocenters. The molecule has 1 aromatic heterocycles. The van der Waals surface area contributed by atoms with Crippen molar-refractivity contribution in [3.05, 3.63) is 59.6 Å². The van der Waals surface area contributed by atoms with Gasteiger partial charge in [0.05, 0.1) is 35.9 Å². The number of nitrogens with one attached hydrogen (secondary N) is 2. The molecular formula is C22H24N4O2. The van der Waals surface area contributed by atoms with Gasteiger partial charge in [-0.1, -0.05) is 39.0 Å². The quantitative estimate of drug-likeness (QED) is 0.622. The first-order valence-corrected chi connectivity index (χ1v) is 9.22. The molecule has 1 aliphatic rings. The van der Waals surface area contributed by atoms with Crippen molar-refractivity contribution in [2.24, 2.45) is 0 Å². The number of imidazole rings is 1. The molecule has 0 unspecified atom stereocenters. The molecule has 0 spiro atoms. The van der Waals surface area contributed by atoms with Crippen LogP contribution in [-0.4, -0.2) is 34.6 Å². The van der Waals surface area contributed by atoms with Crippen LogP contribution in [0.15, 0.2) is 48.2 Å². The van der Waals surface area contributed by atoms with Crippen LogP contribution in [0.2, 0.25) is 0 Å². The third kappa shape index (κ3) is 2.91. The van der Waals surface area contributed by atoms with E-state index in [1.54, 1.807) is 12.0 Å². The van der Waals surface area contributed by atoms with E-state index in [1.807, 2.05) is 42.5 Å². The number of aliphatic hydroxyl groups is 1. The van der Waals surface area contributed by atoms with Crippen molar-refractivity contribution in [3.8, 4) is 5.75 Å². The molecule has 0 bridgehead atoms. The first-order valence-electron chi connectivity index (χ1n) is 9.22. The van der Waals surface area contributed by atoms with Gasteiger partial charge in [-0.05, 0) is 29.2 Å². The first kappa shape index (κ1) is 18.1. The summed E-state index contributed by atoms with van der Waals surface area (Å²) in [7, 11) is 1.63. The SMILES string of the molecule is COc1ccc(C(C)(C)C)c(N2CC(O)=C(c3nc4ccccc4[nH]3)C2=N)c1. The maximum Gasteiger partial charge on any atom is 0.145 e. The molecule has 28 heavy (non-hydrogen) atoms. The molecule has 0 aliphatic carbocycles. The summed E-state index contributed by atoms with van der Waals surface area (Å²) in [6.45, 7) is 6.61. The third-order valence-electron chi connectivity index (χ3n) is 5.03. The highest BCUT2D eigenvalue weighted by Crippen LogP contribution is 2.39. The van der Waals surface area contributed by atoms with E-state index < -0.39 is 0 Å². The minimum Gasteiger partial charge on any atom is -0.509 e. The van der Waals surface area contributed by atoms with Crippen LogP contribution in [-0.2, 0) is 5.41 Å². The van der Waals surface area contributed by atoms with Crippen molar-refractivity contribution in [1.82, 2.24) is 9.97 Å². The number of para-hydroxylation sites is 2. The van der Waals surface area contributed by atoms with Crippen LogP contribution in [0.1, 0.15) is 32.2 Å². The van der Waals surface area contributed by atoms with Crippen LogP contribution in [0.25, 0.3) is 16.6 Å². The second kappa shape index (κ2) is 6.41. The Bertz CT molecular complexity index is 1070. The number of anilines is 1. The molecule has 144 valence electrons. The Morgan fingerprint density at radius 3 is 2.61 bits per heavy atom. The van der Waals surface area contributed by atoms with Crippen molar-refractivity contribution < 1.29 is 9.84 Å². The van der Waals surface area contributed by atoms with Crippen LogP contribution < -0.4 is 9.64 Å². The zero-order chi connectivity index (χ0) is 20.1. The van der Waals surface area contributed by atoms with E-state index in [0.717, 1.165) is 22.3 Å². The zero-order valence-corrected chi connectivity index (χ0v) is 16.5. The molecule has 4 rings (SSSR count). The molecule has 0 saturated heterocycles. The largest absolute Gasteiger partial charge is 0.509 e. The zero-order valence-electron chi connectivity index (χ0n) is 16.5. The molecular weight excluding hydrogens is 352 g/mol. The van der Waals surface area contributed by atoms with Gasteiger partial charge < -0.3 is 19.7 Å². The summed E-state index contributed by atoms with van der Waals surface area (Å²) in [6.07, 6.45) is 0. The predicted octanol–water partition coefficient (Wildman–Crippen LogP) is 4.64. The monoisotopic (exact) mass is 376 g/mol. The molecule has 2 heterocycles. The standard InChI is InChI=1S/C22H24N4O2/c1-22(2,3)14-10-9-13(28-4)11-17(14)26-12-18(27)19(20(26)23)21-24-15-7-5-6-8-16(15)25-21/h5-11,23,27H,12H2,1-4H3,(H,24,25). The van der Waals surface area contributed by atoms with Crippen LogP contribution in [0.4, 0.5) is 5.69 Å². The Morgan fingerprint density at radius 1 is 1.18 bits per heavy atom. The summed E-state index contributed by atoms with van der Waals surface area (Å²) in [5, 5.41) is 19.5. The predicted molar refractivity (Wildman–Crippen MR) is 112 cm³/mol. The van der Waals surface area contributed by atoms with Crippen LogP contribution in [0.3, 0.4) is 0 Å². The van der Waals surface area contributed by atoms with Gasteiger partial charge in [-0.25, -0.2) is 4.98 Å². The van der Waals surface area contributed by atoms with Crippen molar-refractivity contribution in [3.63, 3.8) is 0 Å². The summed E-state index contributed by atoms with van der Waals surface area (Å²) in [5.41, 5.74) is 3.92. The van der Waals surface area contributed by atoms with E-state index in [1.165, 1.54) is 0 Å². The molecule has 6 nitrogen and oxygen atoms in total. The smallest absolute Gasteiger partial charge is 0.145 e. The summed E-state index contributed by atoms with van der Waals surface area (Å²) < 4.78 is 5.40. The number of aliphatic hydroxyl groups excluding tert-OH is 1. The number of aromatic amines is 1. The Morgan fingerprint density at radius 2 is 1.93 bits per heavy atom. The van der Waals surface area contributed by atoms with Crippen LogP contribution >= 0.6 is 0 Å². The molecule has 0 saturated carbocycles. The number of aromatic nitrogens is 2. The molecule has 3 aromatic rings. The van der Waals surface area contributed by atoms with Crippen LogP contribution in [0, 0.1) is 5.41 Å². The van der Waals surface area contributed by atoms with E-state index in [2.05, 4.69) is 30.7 Å². The van der Waals surface area contributed by atoms with Gasteiger partial charge in [0.25, 0.3) is 0 Å². The molecule has 0 amide bonds. The maximum atomic E-state index is 10.7. The molecule has 0 fully saturated rings. The summed E-state index contributed by atoms with van der Waals surface area (Å²) in [5.74, 6) is 1.57. The second-order valence-corrected chi connectivity index (χ2v) is 7.99. The Hall–Kier alpha value is -3.28. The fraction of sp³-hybridized carbons (Fsp3) is 0.273. The highest BCUT2D eigenvalue weighted by atomic mass is 16.5. The fourth-order valence-corrected chi connectivity index (χ4v) is 3.60. The minimum atomic E-state index is -0.125. The average Bonchev–Trinajstić information content (AvgIpc) is 3.20. The molecule has 6 heteroatoms. The molecule has 0 radical (unpaired) electrons. The number of ether oxygens (including phenoxy) is 1. The number of amidine groups is 1. The van der Waals surface area contributed by atoms with Crippen LogP contribution in [0.5, 0.6) is 5.75 Å². The molecule has 2 aromatic carbocycles. The van der Waals surface area contributed by atoms with Crippen molar-refractivity contribution in [1.29, 1.82) is 5.41 Å². The second-order valence-electron chi connectivity index (χ2n) is 7.99. The normalized spacial score (nSPS) is 15.0. The number of rotatable bonds is 3. The first-order chi connectivity index (χ1) is 13.3. The molecule has 3 N–H and O–H groups in total. The number of methoxy groups -OCH3 is 1. The van der Waals surface area contributed by atoms with E-state index in [0.29, 0.717) is 17.1 Å². The number of benzene rings is 2. The summed E-state index contributed by atoms with van der Waals surface area (Å²) in [4.78, 5) is 9.59. The lowest BCUT2D eigenvalue weighted by Gasteiger charge is -2.29. The number of hydrogen-bond acceptors (Lipinski definition) is 4. The highest BCUT2D eigenvalue weighted by molar-refractivity contribution is 6.30. The summed E-state index contributed by atoms with van der Waals surface area (Å²) in [6, 6.07) is 13.6. The number of hydrogen-bond donors (Lipinski definition) is 3. The average molecular weight is 376 g/mol. The number of nitrogens with zero attached hydrogens (tertiary/aromatic N) is 2. The Kier molecular flexibility index (Phi) is 4.14. The van der Waals surface area contributed by atoms with Gasteiger partial charge in [0.1, 0.15) is 23.2 Å². The van der Waals surface area contributed by atoms with E-state index in [-0.39, 0.29) is 23.6 Å². The van der Waals surface area contributed by atoms with Crippen molar-refractivity contribution in [2.75, 3.05) is 18.6 Å². The van der Waals surface area contributed by atoms with Gasteiger partial charge in [0.2, 0.25) is 0 Å². The Balaban J connectivity index is 1.78. The lowest BCUT2D eigenvalue weighted by atomic mass is 9.85. The third-order valence-corrected chi connectivity index (χ3v) is 5.03. The van der Waals surface area contributed by atoms with Gasteiger partial charge in [-0.2, -0.15) is 0 Å². The van der Waals surface area contributed by atoms with Crippen molar-refractivity contribution >= 4 is 28.1 Å². The lowest BCUT2D eigenvalue weighted by molar-refractivity contribution is 0.409. The van der Waals surface area contributed by atoms with Gasteiger partial charge in [0, 0.05) is 6.07 Å². The van der Waals surface area contributed by atoms with Gasteiger partial charge in [-0.3, -0.25) is 5.41 Å². The van der Waals surface area contributed by atoms with E-state index >= 15 is 0 Å². The van der Waals surface area contributed by atoms with E-state index in [4.69, 9.17) is 10.1 Å². The van der Waals surface area contributed by atoms with Gasteiger partial charge in [-0.15, -0.1) is 0 Å². The summed E-state index contributed by atoms with van der Waals surface area (Å²) >= 11 is 0. The van der Waals surface area contributed by atoms with Crippen molar-refractivity contribution in [2.45, 2.75) is 26.2 Å². The molecule has 1 aliphatic heterocycles. The topological polar surface area (TPSA) is 85.2 Å². The van der Waals surface area contributed by atoms with Gasteiger partial charge in [0.15, 0.2) is 0 Å². The van der Waals surface area contributed by atoms with E-state index in [9.17, 15) is 5.11 Å². The highest BCUT2D eigenvalue weighted by Gasteiger charge is 2.34. The van der Waals surface area contributed by atoms with Gasteiger partial charge >= 0.3 is 0 Å². The fourth-order valence-electron chi connectivity index (χ4n) is 3.60. The number of H-pyrrole nitrogens is 1. The Labute approximate surface area is 164 Å². The number of fused-ring (bicyclic) bond motifs is 1. The maximum absolute atomic E-state index is 10.7.